The van der Waals surface area contributed by atoms with Crippen LogP contribution < -0.4 is 11.1 Å². The van der Waals surface area contributed by atoms with E-state index in [4.69, 9.17) is 15.2 Å². The van der Waals surface area contributed by atoms with Crippen LogP contribution in [0.4, 0.5) is 10.6 Å². The quantitative estimate of drug-likeness (QED) is 0.350. The number of fused-ring (bicyclic) bond motifs is 1. The number of nitrogens with one attached hydrogen (secondary N) is 1. The Balaban J connectivity index is 2.08. The summed E-state index contributed by atoms with van der Waals surface area (Å²) in [6, 6.07) is 6.95. The van der Waals surface area contributed by atoms with Gasteiger partial charge in [-0.05, 0) is 61.3 Å². The molecule has 0 fully saturated rings. The Morgan fingerprint density at radius 1 is 1.21 bits per heavy atom. The van der Waals surface area contributed by atoms with Crippen molar-refractivity contribution in [2.75, 3.05) is 12.8 Å². The van der Waals surface area contributed by atoms with E-state index in [0.717, 1.165) is 11.1 Å². The number of esters is 1. The van der Waals surface area contributed by atoms with Gasteiger partial charge in [0, 0.05) is 5.56 Å². The van der Waals surface area contributed by atoms with E-state index in [1.807, 2.05) is 11.5 Å². The zero-order valence-electron chi connectivity index (χ0n) is 19.8. The molecule has 0 unspecified atom stereocenters. The van der Waals surface area contributed by atoms with E-state index in [9.17, 15) is 9.59 Å². The Bertz CT molecular complexity index is 1250. The van der Waals surface area contributed by atoms with Crippen LogP contribution in [0.25, 0.3) is 22.2 Å². The molecule has 2 heterocycles. The van der Waals surface area contributed by atoms with Crippen molar-refractivity contribution < 1.29 is 19.1 Å². The van der Waals surface area contributed by atoms with Crippen LogP contribution in [0.15, 0.2) is 47.9 Å². The molecule has 3 N–H and O–H groups in total. The van der Waals surface area contributed by atoms with Crippen molar-refractivity contribution >= 4 is 44.8 Å². The lowest BCUT2D eigenvalue weighted by Gasteiger charge is -2.30. The number of methoxy groups -OCH3 is 1. The number of alkyl carbamates (subject to hydrolysis) is 1. The average Bonchev–Trinajstić information content (AvgIpc) is 3.04. The van der Waals surface area contributed by atoms with E-state index >= 15 is 0 Å². The van der Waals surface area contributed by atoms with Crippen LogP contribution in [0.5, 0.6) is 0 Å². The van der Waals surface area contributed by atoms with Gasteiger partial charge in [0.25, 0.3) is 0 Å². The monoisotopic (exact) mass is 529 g/mol. The van der Waals surface area contributed by atoms with Gasteiger partial charge in [0.15, 0.2) is 0 Å². The van der Waals surface area contributed by atoms with Gasteiger partial charge in [-0.1, -0.05) is 18.2 Å². The number of ether oxygens (including phenoxy) is 2. The van der Waals surface area contributed by atoms with Crippen LogP contribution >= 0.6 is 15.9 Å². The summed E-state index contributed by atoms with van der Waals surface area (Å²) in [5.74, 6) is -0.122. The number of hydrogen-bond acceptors (Lipinski definition) is 7. The van der Waals surface area contributed by atoms with E-state index in [-0.39, 0.29) is 6.54 Å². The highest BCUT2D eigenvalue weighted by atomic mass is 79.9. The molecule has 10 heteroatoms. The van der Waals surface area contributed by atoms with E-state index < -0.39 is 23.2 Å². The summed E-state index contributed by atoms with van der Waals surface area (Å²) in [6.07, 6.45) is 2.47. The van der Waals surface area contributed by atoms with Crippen molar-refractivity contribution in [3.63, 3.8) is 0 Å². The molecule has 2 aromatic heterocycles. The Morgan fingerprint density at radius 2 is 1.85 bits per heavy atom. The molecule has 34 heavy (non-hydrogen) atoms. The van der Waals surface area contributed by atoms with Crippen molar-refractivity contribution in [3.8, 4) is 11.1 Å². The van der Waals surface area contributed by atoms with Crippen LogP contribution in [-0.4, -0.2) is 44.8 Å². The van der Waals surface area contributed by atoms with Gasteiger partial charge in [0.1, 0.15) is 23.4 Å². The molecule has 0 bridgehead atoms. The topological polar surface area (TPSA) is 121 Å². The van der Waals surface area contributed by atoms with Crippen LogP contribution in [0.3, 0.4) is 0 Å². The first-order chi connectivity index (χ1) is 15.9. The fourth-order valence-corrected chi connectivity index (χ4v) is 4.20. The van der Waals surface area contributed by atoms with Gasteiger partial charge in [-0.3, -0.25) is 0 Å². The summed E-state index contributed by atoms with van der Waals surface area (Å²) < 4.78 is 12.8. The van der Waals surface area contributed by atoms with E-state index in [0.29, 0.717) is 27.0 Å². The second-order valence-corrected chi connectivity index (χ2v) is 9.78. The molecule has 0 saturated carbocycles. The number of rotatable bonds is 6. The minimum Gasteiger partial charge on any atom is -0.465 e. The SMILES string of the molecule is C=C[C@@](C)(Cn1c(Br)c(-c2ccc(C(=O)OC)cc2)c2c(N)ncnc21)NC(=O)OC(C)(C)C. The van der Waals surface area contributed by atoms with Crippen LogP contribution in [-0.2, 0) is 16.0 Å². The summed E-state index contributed by atoms with van der Waals surface area (Å²) in [5, 5.41) is 3.53. The molecule has 1 amide bonds. The summed E-state index contributed by atoms with van der Waals surface area (Å²) in [7, 11) is 1.33. The molecule has 0 aliphatic carbocycles. The fraction of sp³-hybridized carbons (Fsp3) is 0.333. The zero-order valence-corrected chi connectivity index (χ0v) is 21.4. The largest absolute Gasteiger partial charge is 0.465 e. The highest BCUT2D eigenvalue weighted by Crippen LogP contribution is 2.40. The third-order valence-electron chi connectivity index (χ3n) is 5.12. The van der Waals surface area contributed by atoms with Gasteiger partial charge in [-0.25, -0.2) is 19.6 Å². The van der Waals surface area contributed by atoms with Gasteiger partial charge in [0.2, 0.25) is 0 Å². The molecule has 9 nitrogen and oxygen atoms in total. The third kappa shape index (κ3) is 5.22. The Morgan fingerprint density at radius 3 is 2.41 bits per heavy atom. The lowest BCUT2D eigenvalue weighted by Crippen LogP contribution is -2.49. The van der Waals surface area contributed by atoms with Crippen molar-refractivity contribution in [1.82, 2.24) is 19.9 Å². The maximum absolute atomic E-state index is 12.5. The second-order valence-electron chi connectivity index (χ2n) is 9.03. The number of hydrogen-bond donors (Lipinski definition) is 2. The Labute approximate surface area is 206 Å². The van der Waals surface area contributed by atoms with Gasteiger partial charge < -0.3 is 25.1 Å². The predicted octanol–water partition coefficient (Wildman–Crippen LogP) is 4.70. The molecule has 0 aliphatic rings. The minimum atomic E-state index is -0.872. The molecule has 0 aliphatic heterocycles. The van der Waals surface area contributed by atoms with Crippen LogP contribution in [0.2, 0.25) is 0 Å². The first-order valence-corrected chi connectivity index (χ1v) is 11.3. The van der Waals surface area contributed by atoms with Crippen LogP contribution in [0, 0.1) is 0 Å². The molecule has 180 valence electrons. The standard InChI is InChI=1S/C24H28BrN5O4/c1-7-24(5,29-22(32)34-23(2,3)4)12-30-18(25)16(17-19(26)27-13-28-20(17)30)14-8-10-15(11-9-14)21(31)33-6/h7-11,13H,1,12H2,2-6H3,(H,29,32)(H2,26,27,28)/t24-/m0/s1. The summed E-state index contributed by atoms with van der Waals surface area (Å²) in [6.45, 7) is 11.4. The Hall–Kier alpha value is -3.40. The third-order valence-corrected chi connectivity index (χ3v) is 5.95. The minimum absolute atomic E-state index is 0.281. The van der Waals surface area contributed by atoms with Crippen molar-refractivity contribution in [2.24, 2.45) is 0 Å². The van der Waals surface area contributed by atoms with Crippen molar-refractivity contribution in [1.29, 1.82) is 0 Å². The molecule has 3 aromatic rings. The molecule has 0 radical (unpaired) electrons. The maximum atomic E-state index is 12.5. The number of amides is 1. The van der Waals surface area contributed by atoms with Crippen molar-refractivity contribution in [2.45, 2.75) is 45.4 Å². The highest BCUT2D eigenvalue weighted by molar-refractivity contribution is 9.10. The fourth-order valence-electron chi connectivity index (χ4n) is 3.48. The maximum Gasteiger partial charge on any atom is 0.408 e. The molecule has 0 saturated heterocycles. The lowest BCUT2D eigenvalue weighted by molar-refractivity contribution is 0.0476. The predicted molar refractivity (Wildman–Crippen MR) is 134 cm³/mol. The highest BCUT2D eigenvalue weighted by Gasteiger charge is 2.30. The van der Waals surface area contributed by atoms with Crippen LogP contribution in [0.1, 0.15) is 38.1 Å². The number of nitrogens with zero attached hydrogens (tertiary/aromatic N) is 3. The summed E-state index contributed by atoms with van der Waals surface area (Å²) in [4.78, 5) is 32.9. The lowest BCUT2D eigenvalue weighted by atomic mass is 10.0. The van der Waals surface area contributed by atoms with Gasteiger partial charge in [-0.2, -0.15) is 0 Å². The first-order valence-electron chi connectivity index (χ1n) is 10.5. The molecule has 3 rings (SSSR count). The zero-order chi connectivity index (χ0) is 25.3. The molecule has 0 spiro atoms. The number of nitrogen functional groups attached to an aromatic ring is 1. The average molecular weight is 530 g/mol. The van der Waals surface area contributed by atoms with Gasteiger partial charge in [-0.15, -0.1) is 6.58 Å². The Kier molecular flexibility index (Phi) is 7.02. The smallest absolute Gasteiger partial charge is 0.408 e. The number of carbonyl (C=O) groups is 2. The van der Waals surface area contributed by atoms with E-state index in [1.54, 1.807) is 51.1 Å². The summed E-state index contributed by atoms with van der Waals surface area (Å²) >= 11 is 3.69. The number of aromatic nitrogens is 3. The van der Waals surface area contributed by atoms with Crippen molar-refractivity contribution in [3.05, 3.63) is 53.4 Å². The van der Waals surface area contributed by atoms with Gasteiger partial charge >= 0.3 is 12.1 Å². The molecule has 1 atom stereocenters. The molecule has 1 aromatic carbocycles. The normalized spacial score (nSPS) is 13.2. The molecular formula is C24H28BrN5O4. The number of halogens is 1. The second kappa shape index (κ2) is 9.46. The van der Waals surface area contributed by atoms with Gasteiger partial charge in [0.05, 0.1) is 34.7 Å². The summed E-state index contributed by atoms with van der Waals surface area (Å²) in [5.41, 5.74) is 7.30. The van der Waals surface area contributed by atoms with E-state index in [1.165, 1.54) is 13.4 Å². The number of anilines is 1. The number of nitrogens with two attached hydrogens (primary N) is 1. The molecular weight excluding hydrogens is 502 g/mol. The first kappa shape index (κ1) is 25.2. The number of benzene rings is 1. The van der Waals surface area contributed by atoms with E-state index in [2.05, 4.69) is 37.8 Å². The number of carbonyl (C=O) groups excluding carboxylic acids is 2.